The summed E-state index contributed by atoms with van der Waals surface area (Å²) in [7, 11) is 0. The Labute approximate surface area is 104 Å². The fourth-order valence-electron chi connectivity index (χ4n) is 2.54. The molecule has 2 rings (SSSR count). The van der Waals surface area contributed by atoms with Gasteiger partial charge in [0.25, 0.3) is 0 Å². The Balaban J connectivity index is 1.79. The van der Waals surface area contributed by atoms with E-state index in [1.807, 2.05) is 30.3 Å². The van der Waals surface area contributed by atoms with Crippen LogP contribution in [0.3, 0.4) is 0 Å². The van der Waals surface area contributed by atoms with Crippen LogP contribution in [0, 0.1) is 5.92 Å². The molecule has 0 radical (unpaired) electrons. The van der Waals surface area contributed by atoms with Crippen LogP contribution in [0.1, 0.15) is 50.2 Å². The van der Waals surface area contributed by atoms with Crippen molar-refractivity contribution in [3.63, 3.8) is 0 Å². The molecule has 0 bridgehead atoms. The van der Waals surface area contributed by atoms with Crippen LogP contribution in [0.2, 0.25) is 0 Å². The number of hydrogen-bond acceptors (Lipinski definition) is 1. The van der Waals surface area contributed by atoms with Crippen molar-refractivity contribution in [3.05, 3.63) is 48.0 Å². The van der Waals surface area contributed by atoms with Gasteiger partial charge >= 0.3 is 0 Å². The van der Waals surface area contributed by atoms with Gasteiger partial charge in [-0.15, -0.1) is 0 Å². The van der Waals surface area contributed by atoms with Crippen molar-refractivity contribution in [2.45, 2.75) is 44.6 Å². The van der Waals surface area contributed by atoms with Crippen molar-refractivity contribution in [2.24, 2.45) is 5.92 Å². The van der Waals surface area contributed by atoms with Gasteiger partial charge in [0.2, 0.25) is 0 Å². The molecule has 17 heavy (non-hydrogen) atoms. The average Bonchev–Trinajstić information content (AvgIpc) is 2.41. The van der Waals surface area contributed by atoms with Gasteiger partial charge in [-0.3, -0.25) is 0 Å². The van der Waals surface area contributed by atoms with Gasteiger partial charge in [-0.1, -0.05) is 61.7 Å². The number of aliphatic hydroxyl groups excluding tert-OH is 1. The van der Waals surface area contributed by atoms with Crippen LogP contribution in [0.5, 0.6) is 0 Å². The number of benzene rings is 1. The molecule has 92 valence electrons. The Morgan fingerprint density at radius 2 is 1.82 bits per heavy atom. The zero-order valence-corrected chi connectivity index (χ0v) is 10.4. The molecule has 1 unspecified atom stereocenters. The minimum atomic E-state index is -0.351. The van der Waals surface area contributed by atoms with Gasteiger partial charge in [0.15, 0.2) is 0 Å². The summed E-state index contributed by atoms with van der Waals surface area (Å²) in [5, 5.41) is 10.00. The average molecular weight is 230 g/mol. The molecule has 1 aromatic carbocycles. The van der Waals surface area contributed by atoms with Gasteiger partial charge < -0.3 is 5.11 Å². The van der Waals surface area contributed by atoms with E-state index < -0.39 is 0 Å². The van der Waals surface area contributed by atoms with Gasteiger partial charge in [-0.05, 0) is 30.7 Å². The van der Waals surface area contributed by atoms with E-state index in [9.17, 15) is 5.11 Å². The van der Waals surface area contributed by atoms with Crippen LogP contribution < -0.4 is 0 Å². The van der Waals surface area contributed by atoms with Crippen LogP contribution in [-0.4, -0.2) is 5.11 Å². The van der Waals surface area contributed by atoms with E-state index >= 15 is 0 Å². The zero-order valence-electron chi connectivity index (χ0n) is 10.4. The minimum Gasteiger partial charge on any atom is -0.388 e. The monoisotopic (exact) mass is 230 g/mol. The van der Waals surface area contributed by atoms with Gasteiger partial charge in [0, 0.05) is 0 Å². The third-order valence-corrected chi connectivity index (χ3v) is 3.60. The first-order valence-corrected chi connectivity index (χ1v) is 6.76. The number of allylic oxidation sites excluding steroid dienone is 1. The summed E-state index contributed by atoms with van der Waals surface area (Å²) in [5.74, 6) is 0.756. The summed E-state index contributed by atoms with van der Waals surface area (Å²) in [6, 6.07) is 9.90. The smallest absolute Gasteiger partial charge is 0.0824 e. The molecule has 0 aromatic heterocycles. The van der Waals surface area contributed by atoms with Crippen molar-refractivity contribution in [3.8, 4) is 0 Å². The predicted molar refractivity (Wildman–Crippen MR) is 71.7 cm³/mol. The number of aliphatic hydroxyl groups is 1. The van der Waals surface area contributed by atoms with Gasteiger partial charge in [-0.25, -0.2) is 0 Å². The maximum atomic E-state index is 10.00. The first-order valence-electron chi connectivity index (χ1n) is 6.76. The van der Waals surface area contributed by atoms with E-state index in [0.717, 1.165) is 17.9 Å². The van der Waals surface area contributed by atoms with Crippen LogP contribution >= 0.6 is 0 Å². The molecule has 1 fully saturated rings. The van der Waals surface area contributed by atoms with Crippen molar-refractivity contribution >= 4 is 0 Å². The predicted octanol–water partition coefficient (Wildman–Crippen LogP) is 4.25. The second-order valence-corrected chi connectivity index (χ2v) is 4.99. The first kappa shape index (κ1) is 12.4. The van der Waals surface area contributed by atoms with Crippen molar-refractivity contribution < 1.29 is 5.11 Å². The highest BCUT2D eigenvalue weighted by molar-refractivity contribution is 5.17. The molecule has 1 heteroatoms. The van der Waals surface area contributed by atoms with E-state index in [1.54, 1.807) is 0 Å². The van der Waals surface area contributed by atoms with Gasteiger partial charge in [0.1, 0.15) is 0 Å². The van der Waals surface area contributed by atoms with Crippen LogP contribution in [0.4, 0.5) is 0 Å². The third-order valence-electron chi connectivity index (χ3n) is 3.60. The molecule has 0 spiro atoms. The molecule has 0 saturated heterocycles. The molecule has 0 aliphatic heterocycles. The third kappa shape index (κ3) is 4.01. The highest BCUT2D eigenvalue weighted by Gasteiger charge is 2.10. The van der Waals surface area contributed by atoms with E-state index in [0.29, 0.717) is 0 Å². The minimum absolute atomic E-state index is 0.351. The topological polar surface area (TPSA) is 20.2 Å². The summed E-state index contributed by atoms with van der Waals surface area (Å²) in [6.45, 7) is 0. The quantitative estimate of drug-likeness (QED) is 0.767. The summed E-state index contributed by atoms with van der Waals surface area (Å²) < 4.78 is 0. The first-order chi connectivity index (χ1) is 8.36. The summed E-state index contributed by atoms with van der Waals surface area (Å²) >= 11 is 0. The molecule has 1 atom stereocenters. The van der Waals surface area contributed by atoms with E-state index in [1.165, 1.54) is 32.1 Å². The van der Waals surface area contributed by atoms with Gasteiger partial charge in [0.05, 0.1) is 6.10 Å². The maximum Gasteiger partial charge on any atom is 0.0824 e. The summed E-state index contributed by atoms with van der Waals surface area (Å²) in [4.78, 5) is 0. The van der Waals surface area contributed by atoms with Crippen molar-refractivity contribution in [1.29, 1.82) is 0 Å². The largest absolute Gasteiger partial charge is 0.388 e. The number of rotatable bonds is 4. The molecule has 0 amide bonds. The van der Waals surface area contributed by atoms with Crippen LogP contribution in [0.25, 0.3) is 0 Å². The van der Waals surface area contributed by atoms with Crippen LogP contribution in [0.15, 0.2) is 42.5 Å². The lowest BCUT2D eigenvalue weighted by molar-refractivity contribution is 0.181. The van der Waals surface area contributed by atoms with Gasteiger partial charge in [-0.2, -0.15) is 0 Å². The Kier molecular flexibility index (Phi) is 4.81. The van der Waals surface area contributed by atoms with Crippen molar-refractivity contribution in [2.75, 3.05) is 0 Å². The standard InChI is InChI=1S/C16H22O/c17-16(15-11-5-2-6-12-15)13-7-10-14-8-3-1-4-9-14/h2,5-7,10-12,14,16-17H,1,3-4,8-9,13H2/b10-7+. The summed E-state index contributed by atoms with van der Waals surface area (Å²) in [6.07, 6.45) is 11.7. The zero-order chi connectivity index (χ0) is 11.9. The Morgan fingerprint density at radius 3 is 2.53 bits per heavy atom. The lowest BCUT2D eigenvalue weighted by Gasteiger charge is -2.18. The molecule has 1 aromatic rings. The highest BCUT2D eigenvalue weighted by atomic mass is 16.3. The second-order valence-electron chi connectivity index (χ2n) is 4.99. The lowest BCUT2D eigenvalue weighted by Crippen LogP contribution is -2.03. The van der Waals surface area contributed by atoms with E-state index in [2.05, 4.69) is 12.2 Å². The maximum absolute atomic E-state index is 10.00. The molecule has 0 heterocycles. The molecule has 1 N–H and O–H groups in total. The molecular weight excluding hydrogens is 208 g/mol. The molecular formula is C16H22O. The normalized spacial score (nSPS) is 19.6. The molecule has 1 aliphatic carbocycles. The van der Waals surface area contributed by atoms with Crippen molar-refractivity contribution in [1.82, 2.24) is 0 Å². The highest BCUT2D eigenvalue weighted by Crippen LogP contribution is 2.25. The molecule has 1 nitrogen and oxygen atoms in total. The Bertz CT molecular complexity index is 336. The Hall–Kier alpha value is -1.08. The SMILES string of the molecule is OC(C/C=C/C1CCCCC1)c1ccccc1. The number of hydrogen-bond donors (Lipinski definition) is 1. The van der Waals surface area contributed by atoms with Crippen LogP contribution in [-0.2, 0) is 0 Å². The fourth-order valence-corrected chi connectivity index (χ4v) is 2.54. The second kappa shape index (κ2) is 6.61. The lowest BCUT2D eigenvalue weighted by atomic mass is 9.89. The van der Waals surface area contributed by atoms with E-state index in [4.69, 9.17) is 0 Å². The molecule has 1 saturated carbocycles. The summed E-state index contributed by atoms with van der Waals surface area (Å²) in [5.41, 5.74) is 1.01. The Morgan fingerprint density at radius 1 is 1.12 bits per heavy atom. The molecule has 1 aliphatic rings. The fraction of sp³-hybridized carbons (Fsp3) is 0.500. The van der Waals surface area contributed by atoms with E-state index in [-0.39, 0.29) is 6.10 Å².